The number of amides is 1. The second kappa shape index (κ2) is 3.14. The molecule has 0 saturated heterocycles. The van der Waals surface area contributed by atoms with Gasteiger partial charge in [0.2, 0.25) is 6.41 Å². The maximum atomic E-state index is 12.6. The van der Waals surface area contributed by atoms with Crippen molar-refractivity contribution in [1.29, 1.82) is 0 Å². The summed E-state index contributed by atoms with van der Waals surface area (Å²) >= 11 is 0. The van der Waals surface area contributed by atoms with Gasteiger partial charge in [-0.25, -0.2) is 4.39 Å². The van der Waals surface area contributed by atoms with Crippen molar-refractivity contribution in [2.75, 3.05) is 5.32 Å². The number of carbonyl (C=O) groups excluding carboxylic acids is 1. The van der Waals surface area contributed by atoms with E-state index in [0.29, 0.717) is 12.1 Å². The molecular formula is C8H8FNO. The molecule has 0 saturated carbocycles. The molecule has 3 heteroatoms. The fourth-order valence-electron chi connectivity index (χ4n) is 0.888. The summed E-state index contributed by atoms with van der Waals surface area (Å²) in [6, 6.07) is 4.36. The lowest BCUT2D eigenvalue weighted by molar-refractivity contribution is -0.105. The van der Waals surface area contributed by atoms with E-state index >= 15 is 0 Å². The Kier molecular flexibility index (Phi) is 2.21. The lowest BCUT2D eigenvalue weighted by atomic mass is 10.2. The van der Waals surface area contributed by atoms with Crippen LogP contribution in [0.5, 0.6) is 0 Å². The summed E-state index contributed by atoms with van der Waals surface area (Å²) in [5, 5.41) is 2.37. The monoisotopic (exact) mass is 153 g/mol. The van der Waals surface area contributed by atoms with Gasteiger partial charge < -0.3 is 5.32 Å². The number of halogens is 1. The predicted molar refractivity (Wildman–Crippen MR) is 40.8 cm³/mol. The highest BCUT2D eigenvalue weighted by Crippen LogP contribution is 2.11. The van der Waals surface area contributed by atoms with Crippen molar-refractivity contribution in [2.24, 2.45) is 0 Å². The lowest BCUT2D eigenvalue weighted by Crippen LogP contribution is -1.94. The van der Waals surface area contributed by atoms with Crippen LogP contribution in [0, 0.1) is 12.7 Å². The maximum Gasteiger partial charge on any atom is 0.211 e. The van der Waals surface area contributed by atoms with Crippen LogP contribution in [0.2, 0.25) is 0 Å². The Labute approximate surface area is 64.0 Å². The van der Waals surface area contributed by atoms with Crippen molar-refractivity contribution >= 4 is 12.1 Å². The molecule has 0 unspecified atom stereocenters. The first kappa shape index (κ1) is 7.72. The van der Waals surface area contributed by atoms with Crippen molar-refractivity contribution in [3.05, 3.63) is 29.6 Å². The zero-order chi connectivity index (χ0) is 8.27. The van der Waals surface area contributed by atoms with Gasteiger partial charge in [0.1, 0.15) is 5.82 Å². The SMILES string of the molecule is Cc1cc(F)cc(NC=O)c1. The van der Waals surface area contributed by atoms with Crippen molar-refractivity contribution in [3.63, 3.8) is 0 Å². The summed E-state index contributed by atoms with van der Waals surface area (Å²) in [6.07, 6.45) is 0.522. The molecule has 0 fully saturated rings. The molecule has 0 aliphatic carbocycles. The fraction of sp³-hybridized carbons (Fsp3) is 0.125. The van der Waals surface area contributed by atoms with Gasteiger partial charge in [-0.15, -0.1) is 0 Å². The van der Waals surface area contributed by atoms with Crippen molar-refractivity contribution in [3.8, 4) is 0 Å². The van der Waals surface area contributed by atoms with E-state index in [9.17, 15) is 9.18 Å². The Balaban J connectivity index is 2.98. The van der Waals surface area contributed by atoms with Crippen LogP contribution < -0.4 is 5.32 Å². The van der Waals surface area contributed by atoms with Gasteiger partial charge in [0.15, 0.2) is 0 Å². The number of hydrogen-bond donors (Lipinski definition) is 1. The zero-order valence-electron chi connectivity index (χ0n) is 6.10. The number of nitrogens with one attached hydrogen (secondary N) is 1. The molecule has 0 radical (unpaired) electrons. The minimum absolute atomic E-state index is 0.339. The first-order chi connectivity index (χ1) is 5.22. The van der Waals surface area contributed by atoms with E-state index < -0.39 is 0 Å². The maximum absolute atomic E-state index is 12.6. The van der Waals surface area contributed by atoms with E-state index in [0.717, 1.165) is 5.56 Å². The van der Waals surface area contributed by atoms with Gasteiger partial charge in [-0.05, 0) is 30.7 Å². The summed E-state index contributed by atoms with van der Waals surface area (Å²) in [5.74, 6) is -0.339. The predicted octanol–water partition coefficient (Wildman–Crippen LogP) is 1.70. The van der Waals surface area contributed by atoms with Crippen LogP contribution in [0.1, 0.15) is 5.56 Å². The van der Waals surface area contributed by atoms with E-state index in [2.05, 4.69) is 5.32 Å². The quantitative estimate of drug-likeness (QED) is 0.644. The molecule has 0 aromatic heterocycles. The van der Waals surface area contributed by atoms with Crippen molar-refractivity contribution < 1.29 is 9.18 Å². The topological polar surface area (TPSA) is 29.1 Å². The number of benzene rings is 1. The summed E-state index contributed by atoms with van der Waals surface area (Å²) in [4.78, 5) is 9.96. The minimum atomic E-state index is -0.339. The summed E-state index contributed by atoms with van der Waals surface area (Å²) in [5.41, 5.74) is 1.27. The summed E-state index contributed by atoms with van der Waals surface area (Å²) in [6.45, 7) is 1.76. The van der Waals surface area contributed by atoms with Crippen LogP contribution in [0.4, 0.5) is 10.1 Å². The Bertz CT molecular complexity index is 253. The Morgan fingerprint density at radius 1 is 1.45 bits per heavy atom. The highest BCUT2D eigenvalue weighted by Gasteiger charge is 1.95. The molecule has 0 aliphatic rings. The van der Waals surface area contributed by atoms with Gasteiger partial charge >= 0.3 is 0 Å². The molecule has 11 heavy (non-hydrogen) atoms. The van der Waals surface area contributed by atoms with Gasteiger partial charge in [-0.3, -0.25) is 4.79 Å². The van der Waals surface area contributed by atoms with E-state index in [1.165, 1.54) is 12.1 Å². The number of rotatable bonds is 2. The van der Waals surface area contributed by atoms with E-state index in [1.54, 1.807) is 13.0 Å². The van der Waals surface area contributed by atoms with E-state index in [-0.39, 0.29) is 5.82 Å². The third-order valence-electron chi connectivity index (χ3n) is 1.27. The Morgan fingerprint density at radius 2 is 2.18 bits per heavy atom. The molecular weight excluding hydrogens is 145 g/mol. The van der Waals surface area contributed by atoms with Crippen LogP contribution >= 0.6 is 0 Å². The number of hydrogen-bond acceptors (Lipinski definition) is 1. The molecule has 1 aromatic carbocycles. The molecule has 0 spiro atoms. The fourth-order valence-corrected chi connectivity index (χ4v) is 0.888. The van der Waals surface area contributed by atoms with Crippen LogP contribution in [-0.2, 0) is 4.79 Å². The van der Waals surface area contributed by atoms with Gasteiger partial charge in [0.05, 0.1) is 0 Å². The second-order valence-corrected chi connectivity index (χ2v) is 2.28. The van der Waals surface area contributed by atoms with E-state index in [1.807, 2.05) is 0 Å². The molecule has 0 atom stereocenters. The molecule has 2 nitrogen and oxygen atoms in total. The van der Waals surface area contributed by atoms with Gasteiger partial charge in [0, 0.05) is 5.69 Å². The Hall–Kier alpha value is -1.38. The first-order valence-corrected chi connectivity index (χ1v) is 3.20. The lowest BCUT2D eigenvalue weighted by Gasteiger charge is -1.99. The molecule has 0 aliphatic heterocycles. The standard InChI is InChI=1S/C8H8FNO/c1-6-2-7(9)4-8(3-6)10-5-11/h2-5H,1H3,(H,10,11). The highest BCUT2D eigenvalue weighted by atomic mass is 19.1. The van der Waals surface area contributed by atoms with Gasteiger partial charge in [-0.1, -0.05) is 0 Å². The van der Waals surface area contributed by atoms with Crippen molar-refractivity contribution in [1.82, 2.24) is 0 Å². The molecule has 58 valence electrons. The first-order valence-electron chi connectivity index (χ1n) is 3.20. The van der Waals surface area contributed by atoms with Gasteiger partial charge in [-0.2, -0.15) is 0 Å². The van der Waals surface area contributed by atoms with Crippen LogP contribution in [-0.4, -0.2) is 6.41 Å². The minimum Gasteiger partial charge on any atom is -0.329 e. The summed E-state index contributed by atoms with van der Waals surface area (Å²) in [7, 11) is 0. The van der Waals surface area contributed by atoms with Crippen molar-refractivity contribution in [2.45, 2.75) is 6.92 Å². The Morgan fingerprint density at radius 3 is 2.73 bits per heavy atom. The molecule has 1 amide bonds. The number of anilines is 1. The summed E-state index contributed by atoms with van der Waals surface area (Å²) < 4.78 is 12.6. The number of carbonyl (C=O) groups is 1. The zero-order valence-corrected chi connectivity index (χ0v) is 6.10. The third-order valence-corrected chi connectivity index (χ3v) is 1.27. The third kappa shape index (κ3) is 2.04. The highest BCUT2D eigenvalue weighted by molar-refractivity contribution is 5.71. The normalized spacial score (nSPS) is 9.27. The molecule has 0 bridgehead atoms. The largest absolute Gasteiger partial charge is 0.329 e. The van der Waals surface area contributed by atoms with Crippen LogP contribution in [0.15, 0.2) is 18.2 Å². The second-order valence-electron chi connectivity index (χ2n) is 2.28. The van der Waals surface area contributed by atoms with Crippen LogP contribution in [0.25, 0.3) is 0 Å². The molecule has 1 rings (SSSR count). The molecule has 1 aromatic rings. The van der Waals surface area contributed by atoms with Gasteiger partial charge in [0.25, 0.3) is 0 Å². The average Bonchev–Trinajstić information content (AvgIpc) is 1.85. The average molecular weight is 153 g/mol. The van der Waals surface area contributed by atoms with Crippen LogP contribution in [0.3, 0.4) is 0 Å². The molecule has 1 N–H and O–H groups in total. The molecule has 0 heterocycles. The number of aryl methyl sites for hydroxylation is 1. The smallest absolute Gasteiger partial charge is 0.211 e. The van der Waals surface area contributed by atoms with E-state index in [4.69, 9.17) is 0 Å².